The Hall–Kier alpha value is -2.71. The highest BCUT2D eigenvalue weighted by Crippen LogP contribution is 2.40. The van der Waals surface area contributed by atoms with Gasteiger partial charge in [-0.15, -0.1) is 0 Å². The summed E-state index contributed by atoms with van der Waals surface area (Å²) >= 11 is 1.29. The first-order chi connectivity index (χ1) is 16.4. The summed E-state index contributed by atoms with van der Waals surface area (Å²) in [7, 11) is 1.35. The Labute approximate surface area is 203 Å². The minimum atomic E-state index is -0.635. The molecule has 34 heavy (non-hydrogen) atoms. The maximum Gasteiger partial charge on any atom is 0.325 e. The maximum atomic E-state index is 14.8. The minimum Gasteiger partial charge on any atom is -0.468 e. The van der Waals surface area contributed by atoms with Gasteiger partial charge < -0.3 is 9.30 Å². The van der Waals surface area contributed by atoms with Crippen molar-refractivity contribution in [3.8, 4) is 0 Å². The number of likely N-dealkylation sites (tertiary alicyclic amines) is 1. The minimum absolute atomic E-state index is 0.00583. The summed E-state index contributed by atoms with van der Waals surface area (Å²) in [5.41, 5.74) is 2.32. The van der Waals surface area contributed by atoms with Crippen LogP contribution in [0.1, 0.15) is 43.4 Å². The van der Waals surface area contributed by atoms with Crippen molar-refractivity contribution in [3.63, 3.8) is 0 Å². The Bertz CT molecular complexity index is 1110. The average molecular weight is 485 g/mol. The van der Waals surface area contributed by atoms with E-state index in [0.29, 0.717) is 25.1 Å². The molecule has 2 fully saturated rings. The molecule has 0 bridgehead atoms. The standard InChI is InChI=1S/C26H29FN2O4S/c1-17(30)34-23-10-12-29(15-20(23)13-18-9-11-28(14-18)16-24(31)33-2)25(26(32)19-7-8-19)21-5-3-4-6-22(21)27/h3-6,9,11,13-14,19,23,25H,7-8,10,12,15-16H2,1-2H3/b20-13+. The van der Waals surface area contributed by atoms with Gasteiger partial charge in [0, 0.05) is 49.1 Å². The summed E-state index contributed by atoms with van der Waals surface area (Å²) in [4.78, 5) is 38.8. The number of piperidine rings is 1. The number of ether oxygens (including phenoxy) is 1. The molecule has 2 unspecified atom stereocenters. The Morgan fingerprint density at radius 1 is 1.21 bits per heavy atom. The van der Waals surface area contributed by atoms with Gasteiger partial charge in [-0.3, -0.25) is 19.3 Å². The van der Waals surface area contributed by atoms with E-state index in [9.17, 15) is 18.8 Å². The molecule has 0 N–H and O–H groups in total. The van der Waals surface area contributed by atoms with Gasteiger partial charge in [-0.1, -0.05) is 36.0 Å². The largest absolute Gasteiger partial charge is 0.468 e. The van der Waals surface area contributed by atoms with Crippen molar-refractivity contribution in [2.75, 3.05) is 20.2 Å². The van der Waals surface area contributed by atoms with Crippen molar-refractivity contribution in [3.05, 3.63) is 65.2 Å². The van der Waals surface area contributed by atoms with Crippen LogP contribution in [0, 0.1) is 11.7 Å². The third kappa shape index (κ3) is 5.85. The smallest absolute Gasteiger partial charge is 0.325 e. The predicted octanol–water partition coefficient (Wildman–Crippen LogP) is 4.26. The fourth-order valence-corrected chi connectivity index (χ4v) is 5.38. The van der Waals surface area contributed by atoms with Gasteiger partial charge in [0.2, 0.25) is 0 Å². The topological polar surface area (TPSA) is 68.6 Å². The molecule has 1 aliphatic carbocycles. The van der Waals surface area contributed by atoms with E-state index in [2.05, 4.69) is 0 Å². The average Bonchev–Trinajstić information content (AvgIpc) is 3.57. The number of nitrogens with zero attached hydrogens (tertiary/aromatic N) is 2. The van der Waals surface area contributed by atoms with E-state index in [1.807, 2.05) is 23.2 Å². The first-order valence-corrected chi connectivity index (χ1v) is 12.4. The number of hydrogen-bond acceptors (Lipinski definition) is 6. The number of methoxy groups -OCH3 is 1. The fourth-order valence-electron chi connectivity index (χ4n) is 4.47. The molecule has 1 saturated heterocycles. The molecule has 0 radical (unpaired) electrons. The highest BCUT2D eigenvalue weighted by Gasteiger charge is 2.41. The van der Waals surface area contributed by atoms with Crippen LogP contribution in [0.3, 0.4) is 0 Å². The summed E-state index contributed by atoms with van der Waals surface area (Å²) in [6.07, 6.45) is 8.06. The number of benzene rings is 1. The van der Waals surface area contributed by atoms with Crippen LogP contribution in [0.2, 0.25) is 0 Å². The number of ketones is 1. The van der Waals surface area contributed by atoms with E-state index in [4.69, 9.17) is 4.74 Å². The maximum absolute atomic E-state index is 14.8. The molecule has 0 spiro atoms. The van der Waals surface area contributed by atoms with Crippen LogP contribution in [0.5, 0.6) is 0 Å². The molecule has 2 heterocycles. The van der Waals surface area contributed by atoms with E-state index in [1.165, 1.54) is 24.9 Å². The summed E-state index contributed by atoms with van der Waals surface area (Å²) in [5.74, 6) is -0.637. The van der Waals surface area contributed by atoms with Gasteiger partial charge in [-0.05, 0) is 42.5 Å². The van der Waals surface area contributed by atoms with Gasteiger partial charge in [0.05, 0.1) is 13.2 Å². The number of carbonyl (C=O) groups is 3. The zero-order valence-corrected chi connectivity index (χ0v) is 20.2. The van der Waals surface area contributed by atoms with Gasteiger partial charge in [-0.25, -0.2) is 4.39 Å². The third-order valence-corrected chi connectivity index (χ3v) is 7.42. The lowest BCUT2D eigenvalue weighted by Crippen LogP contribution is -2.43. The van der Waals surface area contributed by atoms with Gasteiger partial charge in [0.25, 0.3) is 0 Å². The van der Waals surface area contributed by atoms with Crippen molar-refractivity contribution in [1.82, 2.24) is 9.47 Å². The lowest BCUT2D eigenvalue weighted by atomic mass is 9.93. The normalized spacial score (nSPS) is 20.8. The van der Waals surface area contributed by atoms with E-state index in [0.717, 1.165) is 24.0 Å². The van der Waals surface area contributed by atoms with Crippen molar-refractivity contribution in [1.29, 1.82) is 0 Å². The summed E-state index contributed by atoms with van der Waals surface area (Å²) in [5, 5.41) is 0.0160. The lowest BCUT2D eigenvalue weighted by Gasteiger charge is -2.38. The number of aromatic nitrogens is 1. The molecular formula is C26H29FN2O4S. The SMILES string of the molecule is COC(=O)Cn1ccc(/C=C2\CN(C(C(=O)C3CC3)c3ccccc3F)CCC2SC(C)=O)c1. The second-order valence-electron chi connectivity index (χ2n) is 8.87. The van der Waals surface area contributed by atoms with Gasteiger partial charge in [0.1, 0.15) is 12.4 Å². The first kappa shape index (κ1) is 24.4. The molecule has 1 aliphatic heterocycles. The van der Waals surface area contributed by atoms with E-state index >= 15 is 0 Å². The van der Waals surface area contributed by atoms with E-state index < -0.39 is 6.04 Å². The third-order valence-electron chi connectivity index (χ3n) is 6.26. The molecule has 2 aromatic rings. The summed E-state index contributed by atoms with van der Waals surface area (Å²) < 4.78 is 21.3. The summed E-state index contributed by atoms with van der Waals surface area (Å²) in [6, 6.07) is 7.77. The molecule has 6 nitrogen and oxygen atoms in total. The Kier molecular flexibility index (Phi) is 7.68. The molecule has 180 valence electrons. The van der Waals surface area contributed by atoms with Gasteiger partial charge >= 0.3 is 5.97 Å². The highest BCUT2D eigenvalue weighted by atomic mass is 32.2. The number of Topliss-reactive ketones (excluding diaryl/α,β-unsaturated/α-hetero) is 1. The Morgan fingerprint density at radius 2 is 1.97 bits per heavy atom. The number of halogens is 1. The van der Waals surface area contributed by atoms with Crippen molar-refractivity contribution in [2.24, 2.45) is 5.92 Å². The van der Waals surface area contributed by atoms with Crippen LogP contribution in [-0.4, -0.2) is 51.8 Å². The lowest BCUT2D eigenvalue weighted by molar-refractivity contribution is -0.141. The molecule has 2 atom stereocenters. The van der Waals surface area contributed by atoms with Crippen LogP contribution in [0.15, 0.2) is 48.3 Å². The van der Waals surface area contributed by atoms with Crippen molar-refractivity contribution < 1.29 is 23.5 Å². The van der Waals surface area contributed by atoms with Gasteiger partial charge in [0.15, 0.2) is 10.9 Å². The van der Waals surface area contributed by atoms with Crippen LogP contribution in [-0.2, 0) is 25.7 Å². The summed E-state index contributed by atoms with van der Waals surface area (Å²) in [6.45, 7) is 2.73. The van der Waals surface area contributed by atoms with Crippen LogP contribution < -0.4 is 0 Å². The number of thioether (sulfide) groups is 1. The monoisotopic (exact) mass is 484 g/mol. The quantitative estimate of drug-likeness (QED) is 0.522. The van der Waals surface area contributed by atoms with E-state index in [1.54, 1.807) is 35.9 Å². The second-order valence-corrected chi connectivity index (χ2v) is 10.3. The van der Waals surface area contributed by atoms with E-state index in [-0.39, 0.29) is 40.4 Å². The number of rotatable bonds is 8. The zero-order valence-electron chi connectivity index (χ0n) is 19.4. The van der Waals surface area contributed by atoms with Crippen LogP contribution in [0.25, 0.3) is 6.08 Å². The van der Waals surface area contributed by atoms with Crippen LogP contribution >= 0.6 is 11.8 Å². The number of carbonyl (C=O) groups excluding carboxylic acids is 3. The molecular weight excluding hydrogens is 455 g/mol. The number of esters is 1. The Balaban J connectivity index is 1.63. The first-order valence-electron chi connectivity index (χ1n) is 11.5. The highest BCUT2D eigenvalue weighted by molar-refractivity contribution is 8.14. The second kappa shape index (κ2) is 10.7. The molecule has 8 heteroatoms. The van der Waals surface area contributed by atoms with Crippen molar-refractivity contribution >= 4 is 34.7 Å². The van der Waals surface area contributed by atoms with Crippen molar-refractivity contribution in [2.45, 2.75) is 44.0 Å². The Morgan fingerprint density at radius 3 is 2.65 bits per heavy atom. The fraction of sp³-hybridized carbons (Fsp3) is 0.423. The molecule has 4 rings (SSSR count). The van der Waals surface area contributed by atoms with Gasteiger partial charge in [-0.2, -0.15) is 0 Å². The molecule has 1 saturated carbocycles. The number of hydrogen-bond donors (Lipinski definition) is 0. The van der Waals surface area contributed by atoms with Crippen LogP contribution in [0.4, 0.5) is 4.39 Å². The predicted molar refractivity (Wildman–Crippen MR) is 130 cm³/mol. The molecule has 1 aromatic carbocycles. The molecule has 2 aliphatic rings. The molecule has 0 amide bonds. The molecule has 1 aromatic heterocycles. The zero-order chi connectivity index (χ0) is 24.2.